The van der Waals surface area contributed by atoms with Crippen LogP contribution in [0.25, 0.3) is 10.9 Å². The zero-order valence-corrected chi connectivity index (χ0v) is 10.6. The second kappa shape index (κ2) is 4.65. The average molecular weight is 253 g/mol. The zero-order valence-electron chi connectivity index (χ0n) is 10.6. The van der Waals surface area contributed by atoms with E-state index in [4.69, 9.17) is 0 Å². The highest BCUT2D eigenvalue weighted by Gasteiger charge is 2.08. The number of para-hydroxylation sites is 1. The van der Waals surface area contributed by atoms with Crippen molar-refractivity contribution in [2.75, 3.05) is 5.32 Å². The van der Waals surface area contributed by atoms with Crippen LogP contribution >= 0.6 is 0 Å². The van der Waals surface area contributed by atoms with Crippen LogP contribution < -0.4 is 5.32 Å². The molecule has 3 aromatic rings. The number of hydrogen-bond donors (Lipinski definition) is 3. The van der Waals surface area contributed by atoms with Gasteiger partial charge in [-0.3, -0.25) is 5.10 Å². The molecule has 0 fully saturated rings. The van der Waals surface area contributed by atoms with Gasteiger partial charge >= 0.3 is 0 Å². The highest BCUT2D eigenvalue weighted by Crippen LogP contribution is 2.26. The van der Waals surface area contributed by atoms with Gasteiger partial charge in [-0.15, -0.1) is 0 Å². The zero-order chi connectivity index (χ0) is 13.2. The molecule has 0 saturated carbocycles. The number of hydrogen-bond acceptors (Lipinski definition) is 3. The molecule has 4 heteroatoms. The van der Waals surface area contributed by atoms with Crippen molar-refractivity contribution in [2.45, 2.75) is 13.0 Å². The quantitative estimate of drug-likeness (QED) is 0.670. The summed E-state index contributed by atoms with van der Waals surface area (Å²) in [6.45, 7) is 2.06. The lowest BCUT2D eigenvalue weighted by molar-refractivity contribution is 0.474. The Morgan fingerprint density at radius 2 is 2.05 bits per heavy atom. The normalized spacial score (nSPS) is 12.5. The smallest absolute Gasteiger partial charge is 0.115 e. The third-order valence-corrected chi connectivity index (χ3v) is 3.22. The van der Waals surface area contributed by atoms with Crippen LogP contribution in [-0.4, -0.2) is 15.3 Å². The van der Waals surface area contributed by atoms with Gasteiger partial charge in [0.15, 0.2) is 0 Å². The van der Waals surface area contributed by atoms with Crippen LogP contribution in [0, 0.1) is 0 Å². The summed E-state index contributed by atoms with van der Waals surface area (Å²) in [4.78, 5) is 0. The SMILES string of the molecule is CC(Nc1cccc2cn[nH]c12)c1cccc(O)c1. The maximum atomic E-state index is 9.52. The summed E-state index contributed by atoms with van der Waals surface area (Å²) in [6, 6.07) is 13.4. The number of nitrogens with zero attached hydrogens (tertiary/aromatic N) is 1. The van der Waals surface area contributed by atoms with E-state index in [1.54, 1.807) is 18.3 Å². The van der Waals surface area contributed by atoms with Crippen LogP contribution in [0.15, 0.2) is 48.7 Å². The van der Waals surface area contributed by atoms with Gasteiger partial charge < -0.3 is 10.4 Å². The Kier molecular flexibility index (Phi) is 2.83. The van der Waals surface area contributed by atoms with Crippen LogP contribution in [-0.2, 0) is 0 Å². The number of phenols is 1. The molecule has 1 atom stereocenters. The molecule has 0 bridgehead atoms. The highest BCUT2D eigenvalue weighted by molar-refractivity contribution is 5.90. The monoisotopic (exact) mass is 253 g/mol. The van der Waals surface area contributed by atoms with E-state index in [0.717, 1.165) is 22.2 Å². The summed E-state index contributed by atoms with van der Waals surface area (Å²) < 4.78 is 0. The summed E-state index contributed by atoms with van der Waals surface area (Å²) in [5.41, 5.74) is 3.04. The molecule has 4 nitrogen and oxygen atoms in total. The number of anilines is 1. The van der Waals surface area contributed by atoms with E-state index in [9.17, 15) is 5.11 Å². The maximum Gasteiger partial charge on any atom is 0.115 e. The van der Waals surface area contributed by atoms with Gasteiger partial charge in [-0.05, 0) is 30.7 Å². The number of fused-ring (bicyclic) bond motifs is 1. The Hall–Kier alpha value is -2.49. The van der Waals surface area contributed by atoms with Gasteiger partial charge in [-0.25, -0.2) is 0 Å². The predicted molar refractivity (Wildman–Crippen MR) is 76.2 cm³/mol. The standard InChI is InChI=1S/C15H15N3O/c1-10(11-4-2-6-13(19)8-11)17-14-7-3-5-12-9-16-18-15(12)14/h2-10,17,19H,1H3,(H,16,18). The fourth-order valence-electron chi connectivity index (χ4n) is 2.20. The van der Waals surface area contributed by atoms with Gasteiger partial charge in [0.2, 0.25) is 0 Å². The minimum absolute atomic E-state index is 0.0981. The summed E-state index contributed by atoms with van der Waals surface area (Å²) in [6.07, 6.45) is 1.81. The number of benzene rings is 2. The Bertz CT molecular complexity index is 705. The second-order valence-electron chi connectivity index (χ2n) is 4.60. The Labute approximate surface area is 111 Å². The third kappa shape index (κ3) is 2.25. The minimum Gasteiger partial charge on any atom is -0.508 e. The molecule has 0 spiro atoms. The Morgan fingerprint density at radius 1 is 1.21 bits per heavy atom. The van der Waals surface area contributed by atoms with Crippen molar-refractivity contribution in [3.05, 3.63) is 54.2 Å². The fourth-order valence-corrected chi connectivity index (χ4v) is 2.20. The molecule has 0 radical (unpaired) electrons. The molecule has 1 unspecified atom stereocenters. The molecule has 0 aliphatic carbocycles. The van der Waals surface area contributed by atoms with Gasteiger partial charge in [0, 0.05) is 11.4 Å². The lowest BCUT2D eigenvalue weighted by Gasteiger charge is -2.16. The van der Waals surface area contributed by atoms with E-state index >= 15 is 0 Å². The van der Waals surface area contributed by atoms with Crippen molar-refractivity contribution in [2.24, 2.45) is 0 Å². The van der Waals surface area contributed by atoms with Crippen molar-refractivity contribution < 1.29 is 5.11 Å². The van der Waals surface area contributed by atoms with E-state index in [0.29, 0.717) is 0 Å². The summed E-state index contributed by atoms with van der Waals surface area (Å²) in [5, 5.41) is 21.1. The molecule has 1 aromatic heterocycles. The lowest BCUT2D eigenvalue weighted by atomic mass is 10.1. The molecule has 3 rings (SSSR count). The molecule has 0 saturated heterocycles. The molecule has 0 aliphatic rings. The van der Waals surface area contributed by atoms with E-state index in [1.807, 2.05) is 30.3 Å². The van der Waals surface area contributed by atoms with Crippen LogP contribution in [0.2, 0.25) is 0 Å². The first-order valence-electron chi connectivity index (χ1n) is 6.21. The summed E-state index contributed by atoms with van der Waals surface area (Å²) in [7, 11) is 0. The first kappa shape index (κ1) is 11.6. The number of aromatic hydroxyl groups is 1. The van der Waals surface area contributed by atoms with Crippen molar-refractivity contribution in [3.8, 4) is 5.75 Å². The molecule has 96 valence electrons. The van der Waals surface area contributed by atoms with Crippen molar-refractivity contribution >= 4 is 16.6 Å². The van der Waals surface area contributed by atoms with Crippen LogP contribution in [0.1, 0.15) is 18.5 Å². The average Bonchev–Trinajstić information content (AvgIpc) is 2.88. The largest absolute Gasteiger partial charge is 0.508 e. The van der Waals surface area contributed by atoms with Crippen LogP contribution in [0.4, 0.5) is 5.69 Å². The van der Waals surface area contributed by atoms with Gasteiger partial charge in [0.25, 0.3) is 0 Å². The molecular formula is C15H15N3O. The summed E-state index contributed by atoms with van der Waals surface area (Å²) in [5.74, 6) is 0.283. The molecule has 3 N–H and O–H groups in total. The van der Waals surface area contributed by atoms with Crippen molar-refractivity contribution in [1.29, 1.82) is 0 Å². The first-order valence-corrected chi connectivity index (χ1v) is 6.21. The second-order valence-corrected chi connectivity index (χ2v) is 4.60. The lowest BCUT2D eigenvalue weighted by Crippen LogP contribution is -2.06. The van der Waals surface area contributed by atoms with Gasteiger partial charge in [0.1, 0.15) is 5.75 Å². The van der Waals surface area contributed by atoms with E-state index in [-0.39, 0.29) is 11.8 Å². The number of nitrogens with one attached hydrogen (secondary N) is 2. The Balaban J connectivity index is 1.90. The van der Waals surface area contributed by atoms with Crippen molar-refractivity contribution in [1.82, 2.24) is 10.2 Å². The number of H-pyrrole nitrogens is 1. The topological polar surface area (TPSA) is 60.9 Å². The summed E-state index contributed by atoms with van der Waals surface area (Å²) >= 11 is 0. The molecule has 1 heterocycles. The van der Waals surface area contributed by atoms with E-state index < -0.39 is 0 Å². The minimum atomic E-state index is 0.0981. The molecule has 0 aliphatic heterocycles. The van der Waals surface area contributed by atoms with Crippen LogP contribution in [0.5, 0.6) is 5.75 Å². The highest BCUT2D eigenvalue weighted by atomic mass is 16.3. The third-order valence-electron chi connectivity index (χ3n) is 3.22. The molecular weight excluding hydrogens is 238 g/mol. The number of aromatic amines is 1. The van der Waals surface area contributed by atoms with E-state index in [1.165, 1.54) is 0 Å². The van der Waals surface area contributed by atoms with Gasteiger partial charge in [-0.2, -0.15) is 5.10 Å². The number of aromatic nitrogens is 2. The van der Waals surface area contributed by atoms with E-state index in [2.05, 4.69) is 22.4 Å². The first-order chi connectivity index (χ1) is 9.24. The molecule has 19 heavy (non-hydrogen) atoms. The van der Waals surface area contributed by atoms with Gasteiger partial charge in [0.05, 0.1) is 17.4 Å². The Morgan fingerprint density at radius 3 is 2.89 bits per heavy atom. The van der Waals surface area contributed by atoms with Crippen LogP contribution in [0.3, 0.4) is 0 Å². The fraction of sp³-hybridized carbons (Fsp3) is 0.133. The number of rotatable bonds is 3. The van der Waals surface area contributed by atoms with Gasteiger partial charge in [-0.1, -0.05) is 24.3 Å². The van der Waals surface area contributed by atoms with Crippen molar-refractivity contribution in [3.63, 3.8) is 0 Å². The maximum absolute atomic E-state index is 9.52. The number of phenolic OH excluding ortho intramolecular Hbond substituents is 1. The molecule has 0 amide bonds. The predicted octanol–water partition coefficient (Wildman–Crippen LogP) is 3.44. The molecule has 2 aromatic carbocycles.